The third kappa shape index (κ3) is 21.1. The number of nitrogens with zero attached hydrogens (tertiary/aromatic N) is 4. The van der Waals surface area contributed by atoms with Gasteiger partial charge in [-0.15, -0.1) is 0 Å². The quantitative estimate of drug-likeness (QED) is 0.0280. The number of alkyl halides is 6. The number of ether oxygens (including phenoxy) is 1. The standard InChI is InChI=1S/C40H49F4N3O4.C38H45F4N3O4.Li.H2O.2H2S/c1-8-51-35(49)19-32(30-17-29(16-27(7)37(30)41)36-25(5)14-24(4)15-26(36)6)45-38(50)33(13-23(2)3)47-20-28(31(18-34(47)48)40(42,43)44)9-12-46-21-39(22-46)10-11-39;1-21(2)11-31(45-18-26(29(16-32(45)46)38(40,41)42)7-10-44-19-37(20-44)8-9-37)36(49)43-30(17-33(47)48)28-15-27(14-25(6)35(28)39)34-23(4)12-22(3)13-24(34)5;;;;/h14-18,20,23,32-33H,8-13,19,21-22H2,1-7H3,(H,45,50);12-16,18,21,30-31H,7-11,17,19-20H2,1-6H3,(H,43,49)(H,47,48);;3*1H2/q;;+1;;;/p-1/t32-,33?;30-,31?;;;;/m00..../s1. The zero-order valence-corrected chi connectivity index (χ0v) is 64.0. The molecule has 2 saturated heterocycles. The minimum atomic E-state index is -4.77. The Morgan fingerprint density at radius 3 is 1.17 bits per heavy atom. The molecule has 2 saturated carbocycles. The summed E-state index contributed by atoms with van der Waals surface area (Å²) < 4.78 is 124. The first-order valence-corrected chi connectivity index (χ1v) is 34.6. The Morgan fingerprint density at radius 2 is 0.875 bits per heavy atom. The Bertz CT molecular complexity index is 4180. The first-order chi connectivity index (χ1) is 46.8. The van der Waals surface area contributed by atoms with Crippen molar-refractivity contribution in [3.8, 4) is 22.3 Å². The number of aryl methyl sites for hydroxylation is 8. The van der Waals surface area contributed by atoms with E-state index in [0.717, 1.165) is 112 Å². The van der Waals surface area contributed by atoms with E-state index in [1.54, 1.807) is 58.9 Å². The molecule has 104 heavy (non-hydrogen) atoms. The van der Waals surface area contributed by atoms with Crippen molar-refractivity contribution in [2.24, 2.45) is 22.7 Å². The fourth-order valence-corrected chi connectivity index (χ4v) is 15.1. The number of aliphatic carboxylic acids is 1. The maximum atomic E-state index is 16.1. The van der Waals surface area contributed by atoms with Gasteiger partial charge in [-0.2, -0.15) is 53.3 Å². The van der Waals surface area contributed by atoms with E-state index < -0.39 is 107 Å². The number of halogens is 8. The van der Waals surface area contributed by atoms with Crippen LogP contribution in [0.25, 0.3) is 22.3 Å². The first-order valence-electron chi connectivity index (χ1n) is 34.6. The van der Waals surface area contributed by atoms with Gasteiger partial charge in [-0.1, -0.05) is 63.1 Å². The first kappa shape index (κ1) is 87.9. The van der Waals surface area contributed by atoms with E-state index in [9.17, 15) is 60.2 Å². The second-order valence-electron chi connectivity index (χ2n) is 29.8. The van der Waals surface area contributed by atoms with Gasteiger partial charge in [0.1, 0.15) is 23.7 Å². The van der Waals surface area contributed by atoms with Crippen molar-refractivity contribution < 1.29 is 88.5 Å². The number of pyridine rings is 2. The van der Waals surface area contributed by atoms with Gasteiger partial charge in [0.05, 0.1) is 42.7 Å². The molecule has 2 spiro atoms. The van der Waals surface area contributed by atoms with Crippen LogP contribution in [0.4, 0.5) is 35.1 Å². The molecule has 15 nitrogen and oxygen atoms in total. The largest absolute Gasteiger partial charge is 1.00 e. The number of carboxylic acids is 1. The van der Waals surface area contributed by atoms with E-state index in [0.29, 0.717) is 52.7 Å². The number of carbonyl (C=O) groups excluding carboxylic acids is 3. The SMILES string of the molecule is CCOC(=O)C[C@H](NC(=O)C(CC(C)C)n1cc(CCN2CC3(CC3)C2)c(C(F)(F)F)cc1=O)c1cc(-c2c(C)cc(C)cc2C)cc(C)c1F.Cc1cc(C)c(-c2cc(C)c(F)c([C@H](CC(=O)O)NC(=O)C(CC(C)C)n3cc(CCN4CC5(CC5)C4)c(C(F)(F)F)cc3=O)c2)c(C)c1.S.S.[Li+].[OH-]. The van der Waals surface area contributed by atoms with Crippen LogP contribution >= 0.6 is 27.0 Å². The van der Waals surface area contributed by atoms with E-state index in [1.807, 2.05) is 79.7 Å². The summed E-state index contributed by atoms with van der Waals surface area (Å²) >= 11 is 0. The topological polar surface area (TPSA) is 202 Å². The van der Waals surface area contributed by atoms with Gasteiger partial charge < -0.3 is 44.9 Å². The van der Waals surface area contributed by atoms with Crippen LogP contribution in [0, 0.1) is 89.7 Å². The smallest absolute Gasteiger partial charge is 0.870 e. The fraction of sp³-hybridized carbons (Fsp3) is 0.513. The van der Waals surface area contributed by atoms with Crippen molar-refractivity contribution >= 4 is 50.7 Å². The normalized spacial score (nSPS) is 16.0. The third-order valence-corrected chi connectivity index (χ3v) is 20.1. The number of carboxylic acid groups (broad SMARTS) is 1. The van der Waals surface area contributed by atoms with Crippen molar-refractivity contribution in [1.29, 1.82) is 0 Å². The Kier molecular flexibility index (Phi) is 29.9. The molecule has 0 radical (unpaired) electrons. The van der Waals surface area contributed by atoms with E-state index in [-0.39, 0.29) is 123 Å². The maximum Gasteiger partial charge on any atom is 1.00 e. The van der Waals surface area contributed by atoms with Gasteiger partial charge in [0.2, 0.25) is 11.8 Å². The van der Waals surface area contributed by atoms with Crippen LogP contribution in [0.15, 0.2) is 82.6 Å². The van der Waals surface area contributed by atoms with Crippen LogP contribution in [-0.2, 0) is 49.1 Å². The minimum Gasteiger partial charge on any atom is -0.870 e. The third-order valence-electron chi connectivity index (χ3n) is 20.1. The van der Waals surface area contributed by atoms with E-state index in [4.69, 9.17) is 4.74 Å². The van der Waals surface area contributed by atoms with Gasteiger partial charge in [0, 0.05) is 74.9 Å². The fourth-order valence-electron chi connectivity index (χ4n) is 15.1. The zero-order chi connectivity index (χ0) is 73.4. The summed E-state index contributed by atoms with van der Waals surface area (Å²) in [6, 6.07) is 10.7. The molecule has 0 bridgehead atoms. The number of carbonyl (C=O) groups is 4. The number of nitrogens with one attached hydrogen (secondary N) is 2. The summed E-state index contributed by atoms with van der Waals surface area (Å²) in [6.45, 7) is 28.1. The average Bonchev–Trinajstić information content (AvgIpc) is 1.61. The Labute approximate surface area is 630 Å². The summed E-state index contributed by atoms with van der Waals surface area (Å²) in [5, 5.41) is 15.3. The predicted octanol–water partition coefficient (Wildman–Crippen LogP) is 12.5. The summed E-state index contributed by atoms with van der Waals surface area (Å²) in [6.07, 6.45) is -3.44. The minimum absolute atomic E-state index is 0. The molecule has 4 aromatic carbocycles. The molecule has 2 amide bonds. The van der Waals surface area contributed by atoms with Crippen LogP contribution < -0.4 is 40.6 Å². The Morgan fingerprint density at radius 1 is 0.538 bits per heavy atom. The average molecular weight is 1490 g/mol. The van der Waals surface area contributed by atoms with Crippen molar-refractivity contribution in [3.05, 3.63) is 183 Å². The number of hydrogen-bond donors (Lipinski definition) is 3. The molecule has 2 aromatic heterocycles. The van der Waals surface area contributed by atoms with Gasteiger partial charge in [-0.3, -0.25) is 28.8 Å². The van der Waals surface area contributed by atoms with Gasteiger partial charge in [-0.05, 0) is 227 Å². The summed E-state index contributed by atoms with van der Waals surface area (Å²) in [7, 11) is 0. The Hall–Kier alpha value is -6.72. The van der Waals surface area contributed by atoms with Crippen molar-refractivity contribution in [2.75, 3.05) is 45.9 Å². The molecule has 4 atom stereocenters. The molecule has 4 fully saturated rings. The molecule has 4 heterocycles. The van der Waals surface area contributed by atoms with Gasteiger partial charge in [0.15, 0.2) is 0 Å². The number of likely N-dealkylation sites (tertiary alicyclic amines) is 2. The molecule has 564 valence electrons. The van der Waals surface area contributed by atoms with E-state index in [1.165, 1.54) is 6.20 Å². The van der Waals surface area contributed by atoms with Crippen molar-refractivity contribution in [1.82, 2.24) is 29.6 Å². The van der Waals surface area contributed by atoms with Crippen LogP contribution in [-0.4, -0.2) is 99.1 Å². The van der Waals surface area contributed by atoms with Crippen LogP contribution in [0.3, 0.4) is 0 Å². The van der Waals surface area contributed by atoms with E-state index in [2.05, 4.69) is 20.4 Å². The van der Waals surface area contributed by atoms with Gasteiger partial charge in [0.25, 0.3) is 11.1 Å². The van der Waals surface area contributed by atoms with Gasteiger partial charge in [-0.25, -0.2) is 8.78 Å². The number of hydrogen-bond acceptors (Lipinski definition) is 10. The van der Waals surface area contributed by atoms with Crippen LogP contribution in [0.1, 0.15) is 188 Å². The summed E-state index contributed by atoms with van der Waals surface area (Å²) in [5.41, 5.74) is 6.21. The van der Waals surface area contributed by atoms with Gasteiger partial charge >= 0.3 is 43.2 Å². The molecular formula is C78H99F8LiN6O9S2. The number of rotatable bonds is 25. The second kappa shape index (κ2) is 35.3. The molecule has 2 aliphatic carbocycles. The number of esters is 1. The van der Waals surface area contributed by atoms with Crippen LogP contribution in [0.5, 0.6) is 0 Å². The molecular weight excluding hydrogens is 1390 g/mol. The predicted molar refractivity (Wildman–Crippen MR) is 392 cm³/mol. The molecule has 2 unspecified atom stereocenters. The maximum absolute atomic E-state index is 16.1. The van der Waals surface area contributed by atoms with Crippen molar-refractivity contribution in [2.45, 2.75) is 191 Å². The second-order valence-corrected chi connectivity index (χ2v) is 29.8. The number of aromatic nitrogens is 2. The molecule has 2 aliphatic heterocycles. The Balaban J connectivity index is 0.000000360. The number of benzene rings is 4. The monoisotopic (exact) mass is 1490 g/mol. The van der Waals surface area contributed by atoms with Crippen molar-refractivity contribution in [3.63, 3.8) is 0 Å². The summed E-state index contributed by atoms with van der Waals surface area (Å²) in [4.78, 5) is 84.2. The molecule has 10 rings (SSSR count). The molecule has 4 aliphatic rings. The molecule has 26 heteroatoms. The van der Waals surface area contributed by atoms with Crippen LogP contribution in [0.2, 0.25) is 0 Å². The zero-order valence-electron chi connectivity index (χ0n) is 62.0. The van der Waals surface area contributed by atoms with E-state index >= 15 is 8.78 Å². The molecule has 4 N–H and O–H groups in total. The summed E-state index contributed by atoms with van der Waals surface area (Å²) in [5.74, 6) is -5.05. The molecule has 6 aromatic rings. The number of amides is 2.